The first-order valence-corrected chi connectivity index (χ1v) is 5.38. The standard InChI is InChI=1S/C12H13N5/c1-3-11-12(8-17(2)16-11)15-10-5-4-9(6-13)14-7-10/h4-5,7-8,15H,3H2,1-2H3. The van der Waals surface area contributed by atoms with Crippen molar-refractivity contribution >= 4 is 11.4 Å². The Hall–Kier alpha value is -2.35. The van der Waals surface area contributed by atoms with Crippen LogP contribution in [0.3, 0.4) is 0 Å². The molecule has 0 aliphatic rings. The van der Waals surface area contributed by atoms with Gasteiger partial charge in [-0.15, -0.1) is 0 Å². The maximum atomic E-state index is 8.66. The molecule has 0 atom stereocenters. The number of aromatic nitrogens is 3. The van der Waals surface area contributed by atoms with E-state index in [1.54, 1.807) is 16.9 Å². The minimum absolute atomic E-state index is 0.414. The van der Waals surface area contributed by atoms with Crippen molar-refractivity contribution in [3.8, 4) is 6.07 Å². The second-order valence-electron chi connectivity index (χ2n) is 3.69. The Labute approximate surface area is 99.7 Å². The van der Waals surface area contributed by atoms with E-state index in [0.29, 0.717) is 5.69 Å². The average Bonchev–Trinajstić information content (AvgIpc) is 2.70. The first-order chi connectivity index (χ1) is 8.22. The van der Waals surface area contributed by atoms with Gasteiger partial charge in [0, 0.05) is 13.2 Å². The summed E-state index contributed by atoms with van der Waals surface area (Å²) < 4.78 is 1.78. The molecule has 1 N–H and O–H groups in total. The van der Waals surface area contributed by atoms with Gasteiger partial charge in [0.15, 0.2) is 0 Å². The summed E-state index contributed by atoms with van der Waals surface area (Å²) in [6, 6.07) is 5.51. The SMILES string of the molecule is CCc1nn(C)cc1Nc1ccc(C#N)nc1. The van der Waals surface area contributed by atoms with Crippen LogP contribution in [0, 0.1) is 11.3 Å². The van der Waals surface area contributed by atoms with Crippen LogP contribution in [0.25, 0.3) is 0 Å². The summed E-state index contributed by atoms with van der Waals surface area (Å²) in [7, 11) is 1.89. The fourth-order valence-corrected chi connectivity index (χ4v) is 1.59. The molecule has 0 fully saturated rings. The molecule has 2 rings (SSSR count). The van der Waals surface area contributed by atoms with Crippen LogP contribution in [-0.4, -0.2) is 14.8 Å². The lowest BCUT2D eigenvalue weighted by Crippen LogP contribution is -1.94. The number of hydrogen-bond donors (Lipinski definition) is 1. The third-order valence-corrected chi connectivity index (χ3v) is 2.40. The van der Waals surface area contributed by atoms with Crippen molar-refractivity contribution in [2.24, 2.45) is 7.05 Å². The Morgan fingerprint density at radius 2 is 2.29 bits per heavy atom. The smallest absolute Gasteiger partial charge is 0.140 e. The zero-order valence-electron chi connectivity index (χ0n) is 9.81. The van der Waals surface area contributed by atoms with Gasteiger partial charge in [-0.1, -0.05) is 6.92 Å². The van der Waals surface area contributed by atoms with E-state index in [2.05, 4.69) is 22.3 Å². The molecule has 2 aromatic heterocycles. The second kappa shape index (κ2) is 4.66. The number of nitriles is 1. The van der Waals surface area contributed by atoms with Crippen LogP contribution < -0.4 is 5.32 Å². The van der Waals surface area contributed by atoms with Crippen LogP contribution in [0.1, 0.15) is 18.3 Å². The summed E-state index contributed by atoms with van der Waals surface area (Å²) in [6.07, 6.45) is 4.44. The van der Waals surface area contributed by atoms with E-state index in [1.165, 1.54) is 0 Å². The molecule has 0 saturated heterocycles. The van der Waals surface area contributed by atoms with Crippen LogP contribution >= 0.6 is 0 Å². The maximum absolute atomic E-state index is 8.66. The van der Waals surface area contributed by atoms with Crippen LogP contribution in [0.15, 0.2) is 24.5 Å². The van der Waals surface area contributed by atoms with E-state index >= 15 is 0 Å². The molecule has 0 aliphatic heterocycles. The fourth-order valence-electron chi connectivity index (χ4n) is 1.59. The predicted octanol–water partition coefficient (Wildman–Crippen LogP) is 1.99. The molecule has 2 heterocycles. The topological polar surface area (TPSA) is 66.5 Å². The maximum Gasteiger partial charge on any atom is 0.140 e. The summed E-state index contributed by atoms with van der Waals surface area (Å²) in [6.45, 7) is 2.06. The van der Waals surface area contributed by atoms with E-state index in [0.717, 1.165) is 23.5 Å². The van der Waals surface area contributed by atoms with Gasteiger partial charge in [-0.3, -0.25) is 4.68 Å². The quantitative estimate of drug-likeness (QED) is 0.870. The largest absolute Gasteiger partial charge is 0.351 e. The number of aryl methyl sites for hydroxylation is 2. The minimum Gasteiger partial charge on any atom is -0.351 e. The Balaban J connectivity index is 2.22. The predicted molar refractivity (Wildman–Crippen MR) is 64.8 cm³/mol. The number of anilines is 2. The van der Waals surface area contributed by atoms with Gasteiger partial charge in [-0.2, -0.15) is 10.4 Å². The highest BCUT2D eigenvalue weighted by Gasteiger charge is 2.05. The summed E-state index contributed by atoms with van der Waals surface area (Å²) in [5, 5.41) is 16.2. The molecule has 0 saturated carbocycles. The lowest BCUT2D eigenvalue weighted by Gasteiger charge is -2.04. The van der Waals surface area contributed by atoms with E-state index in [-0.39, 0.29) is 0 Å². The number of pyridine rings is 1. The molecular formula is C12H13N5. The van der Waals surface area contributed by atoms with E-state index in [9.17, 15) is 0 Å². The van der Waals surface area contributed by atoms with Crippen molar-refractivity contribution in [1.29, 1.82) is 5.26 Å². The summed E-state index contributed by atoms with van der Waals surface area (Å²) in [5.41, 5.74) is 3.25. The zero-order chi connectivity index (χ0) is 12.3. The van der Waals surface area contributed by atoms with Crippen molar-refractivity contribution in [2.45, 2.75) is 13.3 Å². The Morgan fingerprint density at radius 3 is 2.88 bits per heavy atom. The van der Waals surface area contributed by atoms with Crippen molar-refractivity contribution in [1.82, 2.24) is 14.8 Å². The molecular weight excluding hydrogens is 214 g/mol. The van der Waals surface area contributed by atoms with Gasteiger partial charge in [0.1, 0.15) is 11.8 Å². The van der Waals surface area contributed by atoms with Crippen molar-refractivity contribution in [3.63, 3.8) is 0 Å². The van der Waals surface area contributed by atoms with Gasteiger partial charge in [0.2, 0.25) is 0 Å². The minimum atomic E-state index is 0.414. The molecule has 17 heavy (non-hydrogen) atoms. The van der Waals surface area contributed by atoms with E-state index < -0.39 is 0 Å². The van der Waals surface area contributed by atoms with Gasteiger partial charge < -0.3 is 5.32 Å². The van der Waals surface area contributed by atoms with Crippen LogP contribution in [-0.2, 0) is 13.5 Å². The number of nitrogens with zero attached hydrogens (tertiary/aromatic N) is 4. The lowest BCUT2D eigenvalue weighted by atomic mass is 10.3. The summed E-state index contributed by atoms with van der Waals surface area (Å²) in [4.78, 5) is 4.00. The molecule has 0 aliphatic carbocycles. The fraction of sp³-hybridized carbons (Fsp3) is 0.250. The summed E-state index contributed by atoms with van der Waals surface area (Å²) >= 11 is 0. The van der Waals surface area contributed by atoms with Gasteiger partial charge in [0.05, 0.1) is 23.3 Å². The summed E-state index contributed by atoms with van der Waals surface area (Å²) in [5.74, 6) is 0. The zero-order valence-corrected chi connectivity index (χ0v) is 9.81. The van der Waals surface area contributed by atoms with E-state index in [1.807, 2.05) is 25.4 Å². The Bertz CT molecular complexity index is 547. The Kier molecular flexibility index (Phi) is 3.06. The van der Waals surface area contributed by atoms with Gasteiger partial charge in [-0.05, 0) is 18.6 Å². The van der Waals surface area contributed by atoms with Gasteiger partial charge in [0.25, 0.3) is 0 Å². The van der Waals surface area contributed by atoms with E-state index in [4.69, 9.17) is 5.26 Å². The highest BCUT2D eigenvalue weighted by atomic mass is 15.3. The molecule has 0 spiro atoms. The van der Waals surface area contributed by atoms with Gasteiger partial charge >= 0.3 is 0 Å². The van der Waals surface area contributed by atoms with Crippen LogP contribution in [0.4, 0.5) is 11.4 Å². The van der Waals surface area contributed by atoms with Gasteiger partial charge in [-0.25, -0.2) is 4.98 Å². The highest BCUT2D eigenvalue weighted by Crippen LogP contribution is 2.19. The number of hydrogen-bond acceptors (Lipinski definition) is 4. The normalized spacial score (nSPS) is 9.94. The average molecular weight is 227 g/mol. The molecule has 2 aromatic rings. The first-order valence-electron chi connectivity index (χ1n) is 5.38. The number of nitrogens with one attached hydrogen (secondary N) is 1. The molecule has 0 amide bonds. The molecule has 5 heteroatoms. The molecule has 0 unspecified atom stereocenters. The molecule has 5 nitrogen and oxygen atoms in total. The van der Waals surface area contributed by atoms with Crippen molar-refractivity contribution < 1.29 is 0 Å². The Morgan fingerprint density at radius 1 is 1.47 bits per heavy atom. The van der Waals surface area contributed by atoms with Crippen LogP contribution in [0.2, 0.25) is 0 Å². The molecule has 0 aromatic carbocycles. The highest BCUT2D eigenvalue weighted by molar-refractivity contribution is 5.60. The first kappa shape index (κ1) is 11.1. The third kappa shape index (κ3) is 2.42. The van der Waals surface area contributed by atoms with Crippen LogP contribution in [0.5, 0.6) is 0 Å². The molecule has 0 radical (unpaired) electrons. The lowest BCUT2D eigenvalue weighted by molar-refractivity contribution is 0.746. The third-order valence-electron chi connectivity index (χ3n) is 2.40. The molecule has 86 valence electrons. The van der Waals surface area contributed by atoms with Crippen molar-refractivity contribution in [2.75, 3.05) is 5.32 Å². The van der Waals surface area contributed by atoms with Crippen molar-refractivity contribution in [3.05, 3.63) is 35.9 Å². The second-order valence-corrected chi connectivity index (χ2v) is 3.69. The monoisotopic (exact) mass is 227 g/mol. The number of rotatable bonds is 3. The molecule has 0 bridgehead atoms.